The fraction of sp³-hybridized carbons (Fsp3) is 0.600. The third-order valence-corrected chi connectivity index (χ3v) is 4.13. The van der Waals surface area contributed by atoms with E-state index < -0.39 is 5.97 Å². The van der Waals surface area contributed by atoms with Crippen LogP contribution in [0, 0.1) is 17.7 Å². The van der Waals surface area contributed by atoms with E-state index in [0.29, 0.717) is 5.92 Å². The molecule has 1 fully saturated rings. The number of pyridine rings is 1. The number of hydrogen-bond donors (Lipinski definition) is 2. The number of nitrogens with zero attached hydrogens (tertiary/aromatic N) is 1. The van der Waals surface area contributed by atoms with Gasteiger partial charge in [0.05, 0.1) is 12.1 Å². The zero-order valence-electron chi connectivity index (χ0n) is 11.7. The Balaban J connectivity index is 1.77. The maximum atomic E-state index is 13.1. The molecule has 1 heterocycles. The fourth-order valence-corrected chi connectivity index (χ4v) is 2.74. The van der Waals surface area contributed by atoms with Crippen molar-refractivity contribution in [3.05, 3.63) is 29.8 Å². The highest BCUT2D eigenvalue weighted by Gasteiger charge is 2.25. The van der Waals surface area contributed by atoms with E-state index in [2.05, 4.69) is 10.3 Å². The van der Waals surface area contributed by atoms with Gasteiger partial charge in [0.25, 0.3) is 0 Å². The van der Waals surface area contributed by atoms with E-state index >= 15 is 0 Å². The number of carboxylic acids is 1. The monoisotopic (exact) mass is 280 g/mol. The molecule has 1 saturated carbocycles. The van der Waals surface area contributed by atoms with Gasteiger partial charge in [0, 0.05) is 12.2 Å². The van der Waals surface area contributed by atoms with Gasteiger partial charge in [-0.2, -0.15) is 0 Å². The molecule has 0 aromatic carbocycles. The van der Waals surface area contributed by atoms with Crippen LogP contribution in [0.15, 0.2) is 18.5 Å². The SMILES string of the molecule is CC(NCC1CCC(C(=O)O)CC1)c1cncc(F)c1. The van der Waals surface area contributed by atoms with E-state index in [1.807, 2.05) is 6.92 Å². The predicted molar refractivity (Wildman–Crippen MR) is 73.7 cm³/mol. The molecule has 0 bridgehead atoms. The average Bonchev–Trinajstić information content (AvgIpc) is 2.45. The minimum absolute atomic E-state index is 0.0513. The number of carboxylic acid groups (broad SMARTS) is 1. The van der Waals surface area contributed by atoms with Crippen LogP contribution in [0.1, 0.15) is 44.2 Å². The molecule has 5 heteroatoms. The molecule has 0 radical (unpaired) electrons. The number of rotatable bonds is 5. The summed E-state index contributed by atoms with van der Waals surface area (Å²) < 4.78 is 13.1. The van der Waals surface area contributed by atoms with E-state index in [4.69, 9.17) is 5.11 Å². The summed E-state index contributed by atoms with van der Waals surface area (Å²) in [4.78, 5) is 14.7. The molecule has 0 spiro atoms. The lowest BCUT2D eigenvalue weighted by Crippen LogP contribution is -2.30. The van der Waals surface area contributed by atoms with Gasteiger partial charge in [-0.15, -0.1) is 0 Å². The Hall–Kier alpha value is -1.49. The second-order valence-corrected chi connectivity index (χ2v) is 5.62. The summed E-state index contributed by atoms with van der Waals surface area (Å²) in [6.07, 6.45) is 6.27. The molecule has 4 nitrogen and oxygen atoms in total. The molecule has 110 valence electrons. The van der Waals surface area contributed by atoms with Gasteiger partial charge in [0.15, 0.2) is 0 Å². The standard InChI is InChI=1S/C15H21FN2O2/c1-10(13-6-14(16)9-17-8-13)18-7-11-2-4-12(5-3-11)15(19)20/h6,8-12,18H,2-5,7H2,1H3,(H,19,20). The number of aromatic nitrogens is 1. The molecule has 0 amide bonds. The summed E-state index contributed by atoms with van der Waals surface area (Å²) in [5.74, 6) is -0.653. The van der Waals surface area contributed by atoms with Crippen molar-refractivity contribution in [3.8, 4) is 0 Å². The fourth-order valence-electron chi connectivity index (χ4n) is 2.74. The van der Waals surface area contributed by atoms with Gasteiger partial charge >= 0.3 is 5.97 Å². The van der Waals surface area contributed by atoms with E-state index in [0.717, 1.165) is 37.8 Å². The van der Waals surface area contributed by atoms with Gasteiger partial charge in [-0.25, -0.2) is 4.39 Å². The first kappa shape index (κ1) is 14.9. The molecule has 20 heavy (non-hydrogen) atoms. The van der Waals surface area contributed by atoms with Crippen molar-refractivity contribution >= 4 is 5.97 Å². The molecule has 1 aromatic rings. The number of aliphatic carboxylic acids is 1. The lowest BCUT2D eigenvalue weighted by Gasteiger charge is -2.27. The Morgan fingerprint density at radius 2 is 2.15 bits per heavy atom. The molecule has 0 aliphatic heterocycles. The first-order valence-electron chi connectivity index (χ1n) is 7.13. The second-order valence-electron chi connectivity index (χ2n) is 5.62. The highest BCUT2D eigenvalue weighted by Crippen LogP contribution is 2.28. The van der Waals surface area contributed by atoms with Crippen molar-refractivity contribution in [1.82, 2.24) is 10.3 Å². The van der Waals surface area contributed by atoms with Crippen LogP contribution in [0.2, 0.25) is 0 Å². The van der Waals surface area contributed by atoms with Crippen molar-refractivity contribution in [1.29, 1.82) is 0 Å². The summed E-state index contributed by atoms with van der Waals surface area (Å²) in [5.41, 5.74) is 0.837. The summed E-state index contributed by atoms with van der Waals surface area (Å²) in [6.45, 7) is 2.82. The third kappa shape index (κ3) is 4.00. The van der Waals surface area contributed by atoms with Crippen molar-refractivity contribution in [2.75, 3.05) is 6.54 Å². The van der Waals surface area contributed by atoms with Crippen molar-refractivity contribution in [2.45, 2.75) is 38.6 Å². The van der Waals surface area contributed by atoms with Gasteiger partial charge in [0.2, 0.25) is 0 Å². The van der Waals surface area contributed by atoms with Crippen LogP contribution in [0.4, 0.5) is 4.39 Å². The average molecular weight is 280 g/mol. The first-order valence-corrected chi connectivity index (χ1v) is 7.13. The molecule has 2 N–H and O–H groups in total. The number of hydrogen-bond acceptors (Lipinski definition) is 3. The maximum absolute atomic E-state index is 13.1. The van der Waals surface area contributed by atoms with Gasteiger partial charge in [-0.1, -0.05) is 0 Å². The lowest BCUT2D eigenvalue weighted by molar-refractivity contribution is -0.143. The van der Waals surface area contributed by atoms with E-state index in [-0.39, 0.29) is 17.8 Å². The Morgan fingerprint density at radius 1 is 1.45 bits per heavy atom. The topological polar surface area (TPSA) is 62.2 Å². The minimum atomic E-state index is -0.671. The predicted octanol–water partition coefficient (Wildman–Crippen LogP) is 2.76. The molecule has 2 rings (SSSR count). The molecule has 1 aromatic heterocycles. The van der Waals surface area contributed by atoms with Crippen LogP contribution in [-0.2, 0) is 4.79 Å². The van der Waals surface area contributed by atoms with Gasteiger partial charge in [0.1, 0.15) is 5.82 Å². The van der Waals surface area contributed by atoms with E-state index in [9.17, 15) is 9.18 Å². The lowest BCUT2D eigenvalue weighted by atomic mass is 9.82. The molecule has 1 aliphatic carbocycles. The maximum Gasteiger partial charge on any atom is 0.306 e. The van der Waals surface area contributed by atoms with Crippen LogP contribution in [0.25, 0.3) is 0 Å². The summed E-state index contributed by atoms with van der Waals surface area (Å²) in [6, 6.07) is 1.54. The summed E-state index contributed by atoms with van der Waals surface area (Å²) in [7, 11) is 0. The second kappa shape index (κ2) is 6.79. The van der Waals surface area contributed by atoms with Gasteiger partial charge in [-0.05, 0) is 56.7 Å². The van der Waals surface area contributed by atoms with Crippen LogP contribution in [0.5, 0.6) is 0 Å². The zero-order chi connectivity index (χ0) is 14.5. The Morgan fingerprint density at radius 3 is 2.75 bits per heavy atom. The van der Waals surface area contributed by atoms with Crippen LogP contribution >= 0.6 is 0 Å². The Bertz CT molecular complexity index is 459. The molecule has 1 atom stereocenters. The number of carbonyl (C=O) groups is 1. The van der Waals surface area contributed by atoms with Crippen LogP contribution in [-0.4, -0.2) is 22.6 Å². The highest BCUT2D eigenvalue weighted by atomic mass is 19.1. The van der Waals surface area contributed by atoms with Crippen LogP contribution in [0.3, 0.4) is 0 Å². The summed E-state index contributed by atoms with van der Waals surface area (Å²) in [5, 5.41) is 12.3. The first-order chi connectivity index (χ1) is 9.56. The molecule has 1 aliphatic rings. The van der Waals surface area contributed by atoms with Crippen molar-refractivity contribution in [2.24, 2.45) is 11.8 Å². The zero-order valence-corrected chi connectivity index (χ0v) is 11.7. The molecular formula is C15H21FN2O2. The van der Waals surface area contributed by atoms with Crippen molar-refractivity contribution < 1.29 is 14.3 Å². The Labute approximate surface area is 118 Å². The normalized spacial score (nSPS) is 24.3. The van der Waals surface area contributed by atoms with Crippen molar-refractivity contribution in [3.63, 3.8) is 0 Å². The summed E-state index contributed by atoms with van der Waals surface area (Å²) >= 11 is 0. The number of halogens is 1. The van der Waals surface area contributed by atoms with E-state index in [1.54, 1.807) is 6.20 Å². The minimum Gasteiger partial charge on any atom is -0.481 e. The van der Waals surface area contributed by atoms with Gasteiger partial charge in [-0.3, -0.25) is 9.78 Å². The molecule has 0 saturated heterocycles. The Kier molecular flexibility index (Phi) is 5.06. The third-order valence-electron chi connectivity index (χ3n) is 4.13. The van der Waals surface area contributed by atoms with E-state index in [1.165, 1.54) is 12.3 Å². The smallest absolute Gasteiger partial charge is 0.306 e. The largest absolute Gasteiger partial charge is 0.481 e. The molecular weight excluding hydrogens is 259 g/mol. The van der Waals surface area contributed by atoms with Crippen LogP contribution < -0.4 is 5.32 Å². The quantitative estimate of drug-likeness (QED) is 0.870. The van der Waals surface area contributed by atoms with Gasteiger partial charge < -0.3 is 10.4 Å². The number of nitrogens with one attached hydrogen (secondary N) is 1. The highest BCUT2D eigenvalue weighted by molar-refractivity contribution is 5.69. The molecule has 1 unspecified atom stereocenters.